The quantitative estimate of drug-likeness (QED) is 0.765. The molecule has 2 aromatic rings. The van der Waals surface area contributed by atoms with Crippen LogP contribution in [0.3, 0.4) is 0 Å². The molecule has 1 aliphatic rings. The van der Waals surface area contributed by atoms with E-state index in [4.69, 9.17) is 0 Å². The number of rotatable bonds is 1. The summed E-state index contributed by atoms with van der Waals surface area (Å²) in [7, 11) is 0. The van der Waals surface area contributed by atoms with E-state index in [-0.39, 0.29) is 5.91 Å². The molecule has 0 atom stereocenters. The molecule has 3 heterocycles. The molecule has 1 saturated heterocycles. The molecular weight excluding hydrogens is 228 g/mol. The molecule has 0 unspecified atom stereocenters. The second-order valence-corrected chi connectivity index (χ2v) is 4.92. The Morgan fingerprint density at radius 1 is 1.39 bits per heavy atom. The highest BCUT2D eigenvalue weighted by Gasteiger charge is 2.24. The molecule has 0 aliphatic carbocycles. The van der Waals surface area contributed by atoms with E-state index < -0.39 is 0 Å². The summed E-state index contributed by atoms with van der Waals surface area (Å²) in [6, 6.07) is 1.80. The average molecular weight is 244 g/mol. The number of piperidine rings is 1. The van der Waals surface area contributed by atoms with Gasteiger partial charge < -0.3 is 4.90 Å². The van der Waals surface area contributed by atoms with Crippen molar-refractivity contribution in [2.45, 2.75) is 19.8 Å². The molecule has 1 aliphatic heterocycles. The van der Waals surface area contributed by atoms with E-state index in [1.165, 1.54) is 0 Å². The number of hydrogen-bond donors (Lipinski definition) is 0. The van der Waals surface area contributed by atoms with Crippen LogP contribution in [0.15, 0.2) is 24.7 Å². The highest BCUT2D eigenvalue weighted by molar-refractivity contribution is 5.99. The number of hydrogen-bond acceptors (Lipinski definition) is 3. The molecule has 18 heavy (non-hydrogen) atoms. The molecular formula is C13H16N4O. The van der Waals surface area contributed by atoms with Crippen LogP contribution in [0.4, 0.5) is 0 Å². The van der Waals surface area contributed by atoms with Gasteiger partial charge in [0.25, 0.3) is 5.91 Å². The minimum atomic E-state index is 0.0515. The third-order valence-electron chi connectivity index (χ3n) is 3.58. The van der Waals surface area contributed by atoms with Crippen molar-refractivity contribution in [3.63, 3.8) is 0 Å². The normalized spacial score (nSPS) is 17.3. The van der Waals surface area contributed by atoms with Crippen molar-refractivity contribution in [2.75, 3.05) is 13.1 Å². The van der Waals surface area contributed by atoms with Crippen LogP contribution in [0.5, 0.6) is 0 Å². The Morgan fingerprint density at radius 2 is 2.17 bits per heavy atom. The van der Waals surface area contributed by atoms with Gasteiger partial charge in [0.2, 0.25) is 0 Å². The van der Waals surface area contributed by atoms with Gasteiger partial charge in [-0.3, -0.25) is 4.79 Å². The predicted octanol–water partition coefficient (Wildman–Crippen LogP) is 1.60. The zero-order chi connectivity index (χ0) is 12.5. The minimum Gasteiger partial charge on any atom is -0.338 e. The van der Waals surface area contributed by atoms with Crippen LogP contribution in [-0.2, 0) is 0 Å². The van der Waals surface area contributed by atoms with Crippen molar-refractivity contribution in [3.05, 3.63) is 30.2 Å². The lowest BCUT2D eigenvalue weighted by Gasteiger charge is -2.29. The number of nitrogens with zero attached hydrogens (tertiary/aromatic N) is 4. The summed E-state index contributed by atoms with van der Waals surface area (Å²) >= 11 is 0. The second-order valence-electron chi connectivity index (χ2n) is 4.92. The molecule has 1 fully saturated rings. The molecule has 0 bridgehead atoms. The van der Waals surface area contributed by atoms with Crippen molar-refractivity contribution >= 4 is 11.6 Å². The number of amides is 1. The van der Waals surface area contributed by atoms with Gasteiger partial charge in [-0.15, -0.1) is 0 Å². The first-order valence-corrected chi connectivity index (χ1v) is 6.33. The smallest absolute Gasteiger partial charge is 0.259 e. The number of fused-ring (bicyclic) bond motifs is 1. The molecule has 2 aromatic heterocycles. The molecule has 5 heteroatoms. The van der Waals surface area contributed by atoms with Gasteiger partial charge in [0, 0.05) is 25.5 Å². The monoisotopic (exact) mass is 244 g/mol. The summed E-state index contributed by atoms with van der Waals surface area (Å²) in [6.07, 6.45) is 7.27. The van der Waals surface area contributed by atoms with Crippen molar-refractivity contribution < 1.29 is 4.79 Å². The summed E-state index contributed by atoms with van der Waals surface area (Å²) in [4.78, 5) is 18.5. The van der Waals surface area contributed by atoms with Gasteiger partial charge in [-0.1, -0.05) is 6.92 Å². The van der Waals surface area contributed by atoms with Crippen LogP contribution in [0.2, 0.25) is 0 Å². The number of carbonyl (C=O) groups excluding carboxylic acids is 1. The van der Waals surface area contributed by atoms with Crippen molar-refractivity contribution in [1.82, 2.24) is 19.5 Å². The summed E-state index contributed by atoms with van der Waals surface area (Å²) in [6.45, 7) is 3.91. The van der Waals surface area contributed by atoms with Crippen molar-refractivity contribution in [3.8, 4) is 0 Å². The van der Waals surface area contributed by atoms with Gasteiger partial charge >= 0.3 is 0 Å². The van der Waals surface area contributed by atoms with Gasteiger partial charge in [0.05, 0.1) is 6.20 Å². The van der Waals surface area contributed by atoms with Gasteiger partial charge in [0.15, 0.2) is 5.65 Å². The average Bonchev–Trinajstić information content (AvgIpc) is 2.82. The predicted molar refractivity (Wildman–Crippen MR) is 67.3 cm³/mol. The lowest BCUT2D eigenvalue weighted by atomic mass is 9.99. The Bertz CT molecular complexity index is 569. The van der Waals surface area contributed by atoms with E-state index in [9.17, 15) is 4.79 Å². The maximum Gasteiger partial charge on any atom is 0.259 e. The van der Waals surface area contributed by atoms with E-state index in [1.54, 1.807) is 29.2 Å². The van der Waals surface area contributed by atoms with Crippen LogP contribution in [-0.4, -0.2) is 38.5 Å². The zero-order valence-electron chi connectivity index (χ0n) is 10.4. The molecule has 3 rings (SSSR count). The first kappa shape index (κ1) is 11.2. The van der Waals surface area contributed by atoms with E-state index in [0.717, 1.165) is 31.8 Å². The van der Waals surface area contributed by atoms with Crippen molar-refractivity contribution in [2.24, 2.45) is 5.92 Å². The first-order chi connectivity index (χ1) is 8.75. The van der Waals surface area contributed by atoms with Crippen LogP contribution in [0.1, 0.15) is 30.1 Å². The summed E-state index contributed by atoms with van der Waals surface area (Å²) in [5, 5.41) is 4.16. The molecule has 0 saturated carbocycles. The Morgan fingerprint density at radius 3 is 2.94 bits per heavy atom. The maximum atomic E-state index is 12.4. The molecule has 5 nitrogen and oxygen atoms in total. The zero-order valence-corrected chi connectivity index (χ0v) is 10.4. The molecule has 1 amide bonds. The van der Waals surface area contributed by atoms with E-state index >= 15 is 0 Å². The summed E-state index contributed by atoms with van der Waals surface area (Å²) in [5.41, 5.74) is 1.24. The maximum absolute atomic E-state index is 12.4. The van der Waals surface area contributed by atoms with E-state index in [0.29, 0.717) is 11.2 Å². The van der Waals surface area contributed by atoms with Crippen LogP contribution < -0.4 is 0 Å². The van der Waals surface area contributed by atoms with Gasteiger partial charge in [-0.2, -0.15) is 5.10 Å². The van der Waals surface area contributed by atoms with Crippen LogP contribution >= 0.6 is 0 Å². The third kappa shape index (κ3) is 1.85. The Labute approximate surface area is 105 Å². The van der Waals surface area contributed by atoms with Crippen LogP contribution in [0, 0.1) is 5.92 Å². The van der Waals surface area contributed by atoms with Crippen molar-refractivity contribution in [1.29, 1.82) is 0 Å². The van der Waals surface area contributed by atoms with Gasteiger partial charge in [0.1, 0.15) is 5.56 Å². The number of likely N-dealkylation sites (tertiary alicyclic amines) is 1. The largest absolute Gasteiger partial charge is 0.338 e. The number of aromatic nitrogens is 3. The lowest BCUT2D eigenvalue weighted by Crippen LogP contribution is -2.37. The summed E-state index contributed by atoms with van der Waals surface area (Å²) < 4.78 is 1.64. The molecule has 0 spiro atoms. The Hall–Kier alpha value is -1.91. The van der Waals surface area contributed by atoms with Crippen LogP contribution in [0.25, 0.3) is 5.65 Å². The number of carbonyl (C=O) groups is 1. The highest BCUT2D eigenvalue weighted by Crippen LogP contribution is 2.19. The Kier molecular flexibility index (Phi) is 2.74. The van der Waals surface area contributed by atoms with Gasteiger partial charge in [-0.05, 0) is 24.8 Å². The highest BCUT2D eigenvalue weighted by atomic mass is 16.2. The fourth-order valence-electron chi connectivity index (χ4n) is 2.36. The first-order valence-electron chi connectivity index (χ1n) is 6.33. The lowest BCUT2D eigenvalue weighted by molar-refractivity contribution is 0.0699. The fourth-order valence-corrected chi connectivity index (χ4v) is 2.36. The molecule has 0 N–H and O–H groups in total. The molecule has 94 valence electrons. The molecule has 0 aromatic carbocycles. The Balaban J connectivity index is 1.88. The van der Waals surface area contributed by atoms with E-state index in [1.807, 2.05) is 4.90 Å². The SMILES string of the molecule is CC1CCN(C(=O)c2cnn3cccnc23)CC1. The summed E-state index contributed by atoms with van der Waals surface area (Å²) in [5.74, 6) is 0.770. The van der Waals surface area contributed by atoms with Gasteiger partial charge in [-0.25, -0.2) is 9.50 Å². The third-order valence-corrected chi connectivity index (χ3v) is 3.58. The second kappa shape index (κ2) is 4.40. The standard InChI is InChI=1S/C13H16N4O/c1-10-3-7-16(8-4-10)13(18)11-9-15-17-6-2-5-14-12(11)17/h2,5-6,9-10H,3-4,7-8H2,1H3. The fraction of sp³-hybridized carbons (Fsp3) is 0.462. The topological polar surface area (TPSA) is 50.5 Å². The van der Waals surface area contributed by atoms with E-state index in [2.05, 4.69) is 17.0 Å². The molecule has 0 radical (unpaired) electrons. The minimum absolute atomic E-state index is 0.0515.